The summed E-state index contributed by atoms with van der Waals surface area (Å²) in [5.41, 5.74) is 0.948. The van der Waals surface area contributed by atoms with Gasteiger partial charge in [0, 0.05) is 7.05 Å². The van der Waals surface area contributed by atoms with E-state index in [4.69, 9.17) is 11.6 Å². The first-order valence-corrected chi connectivity index (χ1v) is 4.08. The second kappa shape index (κ2) is 3.26. The number of halogens is 1. The van der Waals surface area contributed by atoms with Crippen LogP contribution in [0.1, 0.15) is 19.5 Å². The molecule has 1 aromatic rings. The fourth-order valence-electron chi connectivity index (χ4n) is 0.974. The molecule has 0 aliphatic rings. The lowest BCUT2D eigenvalue weighted by atomic mass is 10.1. The van der Waals surface area contributed by atoms with Gasteiger partial charge < -0.3 is 0 Å². The normalized spacial score (nSPS) is 11.0. The number of aromatic nitrogens is 2. The van der Waals surface area contributed by atoms with Crippen molar-refractivity contribution in [2.45, 2.75) is 20.3 Å². The Balaban J connectivity index is 2.77. The molecule has 0 aliphatic carbocycles. The Hall–Kier alpha value is -0.500. The van der Waals surface area contributed by atoms with Crippen molar-refractivity contribution in [3.05, 3.63) is 16.9 Å². The quantitative estimate of drug-likeness (QED) is 0.666. The van der Waals surface area contributed by atoms with E-state index in [1.807, 2.05) is 7.05 Å². The third kappa shape index (κ3) is 2.22. The van der Waals surface area contributed by atoms with Crippen LogP contribution in [0.15, 0.2) is 0 Å². The molecule has 0 bridgehead atoms. The van der Waals surface area contributed by atoms with Gasteiger partial charge in [0.2, 0.25) is 0 Å². The number of aryl methyl sites for hydroxylation is 1. The standard InChI is InChI=1S/C8H12ClN2/c1-6(2)4-8-7(9)5-11(3)10-8/h6H,4H2,1-3H3. The second-order valence-corrected chi connectivity index (χ2v) is 3.47. The highest BCUT2D eigenvalue weighted by Gasteiger charge is 2.06. The molecule has 61 valence electrons. The van der Waals surface area contributed by atoms with Crippen LogP contribution >= 0.6 is 11.6 Å². The lowest BCUT2D eigenvalue weighted by molar-refractivity contribution is 0.620. The summed E-state index contributed by atoms with van der Waals surface area (Å²) >= 11 is 5.85. The van der Waals surface area contributed by atoms with Crippen molar-refractivity contribution in [2.24, 2.45) is 13.0 Å². The molecule has 0 amide bonds. The zero-order chi connectivity index (χ0) is 8.43. The van der Waals surface area contributed by atoms with Crippen molar-refractivity contribution in [3.63, 3.8) is 0 Å². The fraction of sp³-hybridized carbons (Fsp3) is 0.625. The third-order valence-corrected chi connectivity index (χ3v) is 1.69. The van der Waals surface area contributed by atoms with Crippen LogP contribution in [0, 0.1) is 12.1 Å². The van der Waals surface area contributed by atoms with Crippen molar-refractivity contribution in [1.82, 2.24) is 9.78 Å². The van der Waals surface area contributed by atoms with E-state index in [0.717, 1.165) is 12.1 Å². The van der Waals surface area contributed by atoms with E-state index in [0.29, 0.717) is 10.9 Å². The minimum Gasteiger partial charge on any atom is -0.264 e. The molecule has 3 heteroatoms. The van der Waals surface area contributed by atoms with Crippen LogP contribution in [-0.2, 0) is 13.5 Å². The predicted octanol–water partition coefficient (Wildman–Crippen LogP) is 2.07. The van der Waals surface area contributed by atoms with Crippen LogP contribution in [0.4, 0.5) is 0 Å². The molecule has 0 aliphatic heterocycles. The molecular weight excluding hydrogens is 160 g/mol. The van der Waals surface area contributed by atoms with Crippen LogP contribution in [-0.4, -0.2) is 9.78 Å². The Morgan fingerprint density at radius 3 is 2.64 bits per heavy atom. The highest BCUT2D eigenvalue weighted by molar-refractivity contribution is 6.31. The fourth-order valence-corrected chi connectivity index (χ4v) is 1.21. The van der Waals surface area contributed by atoms with Gasteiger partial charge in [-0.05, 0) is 12.3 Å². The van der Waals surface area contributed by atoms with Crippen molar-refractivity contribution < 1.29 is 0 Å². The highest BCUT2D eigenvalue weighted by atomic mass is 35.5. The van der Waals surface area contributed by atoms with E-state index >= 15 is 0 Å². The van der Waals surface area contributed by atoms with Crippen molar-refractivity contribution in [2.75, 3.05) is 0 Å². The first-order valence-electron chi connectivity index (χ1n) is 3.70. The first-order chi connectivity index (χ1) is 5.09. The largest absolute Gasteiger partial charge is 0.264 e. The van der Waals surface area contributed by atoms with E-state index in [1.165, 1.54) is 0 Å². The summed E-state index contributed by atoms with van der Waals surface area (Å²) < 4.78 is 1.63. The monoisotopic (exact) mass is 171 g/mol. The smallest absolute Gasteiger partial charge is 0.106 e. The van der Waals surface area contributed by atoms with E-state index < -0.39 is 0 Å². The molecule has 0 fully saturated rings. The van der Waals surface area contributed by atoms with Crippen molar-refractivity contribution in [3.8, 4) is 0 Å². The molecule has 1 aromatic heterocycles. The van der Waals surface area contributed by atoms with Gasteiger partial charge >= 0.3 is 0 Å². The average molecular weight is 172 g/mol. The average Bonchev–Trinajstić information content (AvgIpc) is 2.09. The number of hydrogen-bond acceptors (Lipinski definition) is 1. The van der Waals surface area contributed by atoms with Gasteiger partial charge in [-0.25, -0.2) is 0 Å². The van der Waals surface area contributed by atoms with Crippen molar-refractivity contribution in [1.29, 1.82) is 0 Å². The van der Waals surface area contributed by atoms with Gasteiger partial charge in [-0.1, -0.05) is 25.4 Å². The third-order valence-electron chi connectivity index (χ3n) is 1.39. The van der Waals surface area contributed by atoms with Crippen LogP contribution in [0.3, 0.4) is 0 Å². The first kappa shape index (κ1) is 8.60. The van der Waals surface area contributed by atoms with Crippen LogP contribution in [0.25, 0.3) is 0 Å². The molecular formula is C8H12ClN2. The molecule has 1 heterocycles. The maximum absolute atomic E-state index is 5.85. The van der Waals surface area contributed by atoms with Gasteiger partial charge in [-0.15, -0.1) is 0 Å². The zero-order valence-corrected chi connectivity index (χ0v) is 7.81. The molecule has 2 nitrogen and oxygen atoms in total. The molecule has 0 unspecified atom stereocenters. The predicted molar refractivity (Wildman–Crippen MR) is 45.6 cm³/mol. The van der Waals surface area contributed by atoms with Crippen LogP contribution in [0.5, 0.6) is 0 Å². The van der Waals surface area contributed by atoms with Crippen molar-refractivity contribution >= 4 is 11.6 Å². The van der Waals surface area contributed by atoms with Gasteiger partial charge in [-0.3, -0.25) is 4.68 Å². The Labute approximate surface area is 72.2 Å². The Bertz CT molecular complexity index is 240. The molecule has 0 aromatic carbocycles. The van der Waals surface area contributed by atoms with E-state index in [2.05, 4.69) is 25.1 Å². The summed E-state index contributed by atoms with van der Waals surface area (Å²) in [6, 6.07) is 0. The lowest BCUT2D eigenvalue weighted by Crippen LogP contribution is -1.96. The molecule has 11 heavy (non-hydrogen) atoms. The van der Waals surface area contributed by atoms with E-state index in [9.17, 15) is 0 Å². The minimum atomic E-state index is 0.593. The maximum Gasteiger partial charge on any atom is 0.106 e. The van der Waals surface area contributed by atoms with Gasteiger partial charge in [0.25, 0.3) is 0 Å². The second-order valence-electron chi connectivity index (χ2n) is 3.09. The topological polar surface area (TPSA) is 17.8 Å². The summed E-state index contributed by atoms with van der Waals surface area (Å²) in [6.07, 6.45) is 3.81. The van der Waals surface area contributed by atoms with E-state index in [-0.39, 0.29) is 0 Å². The summed E-state index contributed by atoms with van der Waals surface area (Å²) in [7, 11) is 1.83. The molecule has 0 atom stereocenters. The molecule has 0 spiro atoms. The summed E-state index contributed by atoms with van der Waals surface area (Å²) in [4.78, 5) is 0. The Morgan fingerprint density at radius 1 is 1.64 bits per heavy atom. The zero-order valence-electron chi connectivity index (χ0n) is 7.06. The maximum atomic E-state index is 5.85. The number of hydrogen-bond donors (Lipinski definition) is 0. The van der Waals surface area contributed by atoms with Gasteiger partial charge in [0.15, 0.2) is 0 Å². The molecule has 0 N–H and O–H groups in total. The van der Waals surface area contributed by atoms with Gasteiger partial charge in [-0.2, -0.15) is 5.10 Å². The number of nitrogens with zero attached hydrogens (tertiary/aromatic N) is 2. The minimum absolute atomic E-state index is 0.593. The molecule has 0 saturated carbocycles. The van der Waals surface area contributed by atoms with Crippen LogP contribution < -0.4 is 0 Å². The summed E-state index contributed by atoms with van der Waals surface area (Å²) in [5.74, 6) is 0.593. The van der Waals surface area contributed by atoms with Crippen LogP contribution in [0.2, 0.25) is 5.02 Å². The Morgan fingerprint density at radius 2 is 2.27 bits per heavy atom. The van der Waals surface area contributed by atoms with E-state index in [1.54, 1.807) is 4.68 Å². The number of rotatable bonds is 2. The summed E-state index contributed by atoms with van der Waals surface area (Å²) in [5, 5.41) is 4.83. The van der Waals surface area contributed by atoms with Gasteiger partial charge in [0.05, 0.1) is 10.7 Å². The summed E-state index contributed by atoms with van der Waals surface area (Å²) in [6.45, 7) is 4.29. The SMILES string of the molecule is CC(C)Cc1nn(C)[c]c1Cl. The molecule has 0 saturated heterocycles. The van der Waals surface area contributed by atoms with Gasteiger partial charge in [0.1, 0.15) is 6.20 Å². The Kier molecular flexibility index (Phi) is 2.55. The molecule has 1 rings (SSSR count). The highest BCUT2D eigenvalue weighted by Crippen LogP contribution is 2.15. The molecule has 1 radical (unpaired) electrons. The lowest BCUT2D eigenvalue weighted by Gasteiger charge is -1.99.